The minimum absolute atomic E-state index is 0.0618. The molecule has 2 N–H and O–H groups in total. The number of aromatic nitrogens is 1. The van der Waals surface area contributed by atoms with Crippen molar-refractivity contribution in [2.24, 2.45) is 0 Å². The lowest BCUT2D eigenvalue weighted by molar-refractivity contribution is 0.0927. The average molecular weight is 325 g/mol. The molecule has 1 heterocycles. The van der Waals surface area contributed by atoms with Gasteiger partial charge in [0.15, 0.2) is 0 Å². The van der Waals surface area contributed by atoms with Crippen LogP contribution in [0, 0.1) is 0 Å². The van der Waals surface area contributed by atoms with Crippen molar-refractivity contribution in [2.75, 3.05) is 13.1 Å². The van der Waals surface area contributed by atoms with E-state index in [1.54, 1.807) is 24.5 Å². The summed E-state index contributed by atoms with van der Waals surface area (Å²) in [7, 11) is 0. The quantitative estimate of drug-likeness (QED) is 0.830. The van der Waals surface area contributed by atoms with Crippen molar-refractivity contribution in [3.8, 4) is 0 Å². The second-order valence-electron chi connectivity index (χ2n) is 6.58. The molecule has 0 saturated heterocycles. The number of carbonyl (C=O) groups is 2. The van der Waals surface area contributed by atoms with Crippen LogP contribution in [0.15, 0.2) is 48.8 Å². The molecule has 1 aromatic carbocycles. The molecule has 2 aromatic rings. The predicted molar refractivity (Wildman–Crippen MR) is 94.0 cm³/mol. The zero-order valence-electron chi connectivity index (χ0n) is 14.3. The Morgan fingerprint density at radius 1 is 0.833 bits per heavy atom. The lowest BCUT2D eigenvalue weighted by Crippen LogP contribution is -2.34. The highest BCUT2D eigenvalue weighted by Gasteiger charge is 2.14. The number of nitrogens with zero attached hydrogens (tertiary/aromatic N) is 1. The maximum atomic E-state index is 12.1. The van der Waals surface area contributed by atoms with Gasteiger partial charge in [-0.15, -0.1) is 0 Å². The van der Waals surface area contributed by atoms with Crippen LogP contribution in [0.3, 0.4) is 0 Å². The standard InChI is InChI=1S/C19H23N3O2/c1-19(2,3)16-6-4-14(5-7-16)17(23)21-12-13-22-18(24)15-8-10-20-11-9-15/h4-11H,12-13H2,1-3H3,(H,21,23)(H,22,24). The van der Waals surface area contributed by atoms with Crippen molar-refractivity contribution in [1.82, 2.24) is 15.6 Å². The van der Waals surface area contributed by atoms with Crippen LogP contribution in [-0.4, -0.2) is 29.9 Å². The monoisotopic (exact) mass is 325 g/mol. The van der Waals surface area contributed by atoms with E-state index in [0.29, 0.717) is 24.2 Å². The van der Waals surface area contributed by atoms with E-state index in [4.69, 9.17) is 0 Å². The van der Waals surface area contributed by atoms with Gasteiger partial charge in [0.2, 0.25) is 0 Å². The van der Waals surface area contributed by atoms with Gasteiger partial charge in [0.05, 0.1) is 0 Å². The number of hydrogen-bond acceptors (Lipinski definition) is 3. The van der Waals surface area contributed by atoms with Crippen LogP contribution >= 0.6 is 0 Å². The Labute approximate surface area is 142 Å². The van der Waals surface area contributed by atoms with E-state index in [2.05, 4.69) is 36.4 Å². The molecule has 0 aliphatic heterocycles. The normalized spacial score (nSPS) is 11.0. The lowest BCUT2D eigenvalue weighted by atomic mass is 9.87. The van der Waals surface area contributed by atoms with Crippen LogP contribution in [0.25, 0.3) is 0 Å². The van der Waals surface area contributed by atoms with E-state index in [1.165, 1.54) is 5.56 Å². The number of carbonyl (C=O) groups excluding carboxylic acids is 2. The van der Waals surface area contributed by atoms with Gasteiger partial charge < -0.3 is 10.6 Å². The van der Waals surface area contributed by atoms with E-state index in [1.807, 2.05) is 24.3 Å². The van der Waals surface area contributed by atoms with Gasteiger partial charge in [-0.25, -0.2) is 0 Å². The number of benzene rings is 1. The first kappa shape index (κ1) is 17.7. The highest BCUT2D eigenvalue weighted by molar-refractivity contribution is 5.95. The van der Waals surface area contributed by atoms with Gasteiger partial charge >= 0.3 is 0 Å². The Hall–Kier alpha value is -2.69. The van der Waals surface area contributed by atoms with Crippen molar-refractivity contribution in [2.45, 2.75) is 26.2 Å². The van der Waals surface area contributed by atoms with Gasteiger partial charge in [-0.05, 0) is 35.2 Å². The number of hydrogen-bond donors (Lipinski definition) is 2. The van der Waals surface area contributed by atoms with Crippen molar-refractivity contribution >= 4 is 11.8 Å². The fraction of sp³-hybridized carbons (Fsp3) is 0.316. The van der Waals surface area contributed by atoms with E-state index in [-0.39, 0.29) is 17.2 Å². The Morgan fingerprint density at radius 2 is 1.29 bits per heavy atom. The summed E-state index contributed by atoms with van der Waals surface area (Å²) < 4.78 is 0. The van der Waals surface area contributed by atoms with Crippen molar-refractivity contribution in [3.05, 3.63) is 65.5 Å². The third kappa shape index (κ3) is 4.91. The molecule has 2 amide bonds. The molecule has 0 atom stereocenters. The molecular formula is C19H23N3O2. The minimum Gasteiger partial charge on any atom is -0.350 e. The van der Waals surface area contributed by atoms with Gasteiger partial charge in [0.1, 0.15) is 0 Å². The predicted octanol–water partition coefficient (Wildman–Crippen LogP) is 2.54. The maximum Gasteiger partial charge on any atom is 0.251 e. The number of pyridine rings is 1. The van der Waals surface area contributed by atoms with Gasteiger partial charge in [-0.3, -0.25) is 14.6 Å². The molecule has 0 spiro atoms. The van der Waals surface area contributed by atoms with E-state index in [9.17, 15) is 9.59 Å². The topological polar surface area (TPSA) is 71.1 Å². The molecule has 0 unspecified atom stereocenters. The average Bonchev–Trinajstić information content (AvgIpc) is 2.58. The van der Waals surface area contributed by atoms with Crippen LogP contribution < -0.4 is 10.6 Å². The zero-order chi connectivity index (χ0) is 17.6. The molecule has 5 nitrogen and oxygen atoms in total. The number of rotatable bonds is 5. The van der Waals surface area contributed by atoms with Crippen LogP contribution in [0.2, 0.25) is 0 Å². The summed E-state index contributed by atoms with van der Waals surface area (Å²) in [4.78, 5) is 27.8. The third-order valence-corrected chi connectivity index (χ3v) is 3.65. The Balaban J connectivity index is 1.78. The highest BCUT2D eigenvalue weighted by Crippen LogP contribution is 2.22. The molecule has 0 bridgehead atoms. The second kappa shape index (κ2) is 7.73. The molecule has 126 valence electrons. The number of nitrogens with one attached hydrogen (secondary N) is 2. The Bertz CT molecular complexity index is 689. The SMILES string of the molecule is CC(C)(C)c1ccc(C(=O)NCCNC(=O)c2ccncc2)cc1. The molecule has 0 saturated carbocycles. The van der Waals surface area contributed by atoms with Gasteiger partial charge in [-0.2, -0.15) is 0 Å². The smallest absolute Gasteiger partial charge is 0.251 e. The van der Waals surface area contributed by atoms with E-state index in [0.717, 1.165) is 0 Å². The van der Waals surface area contributed by atoms with Crippen LogP contribution in [0.5, 0.6) is 0 Å². The van der Waals surface area contributed by atoms with Gasteiger partial charge in [0, 0.05) is 36.6 Å². The van der Waals surface area contributed by atoms with Gasteiger partial charge in [-0.1, -0.05) is 32.9 Å². The third-order valence-electron chi connectivity index (χ3n) is 3.65. The molecule has 5 heteroatoms. The molecule has 0 radical (unpaired) electrons. The second-order valence-corrected chi connectivity index (χ2v) is 6.58. The van der Waals surface area contributed by atoms with Crippen molar-refractivity contribution in [3.63, 3.8) is 0 Å². The fourth-order valence-electron chi connectivity index (χ4n) is 2.18. The first-order valence-corrected chi connectivity index (χ1v) is 7.95. The van der Waals surface area contributed by atoms with E-state index >= 15 is 0 Å². The highest BCUT2D eigenvalue weighted by atomic mass is 16.2. The summed E-state index contributed by atoms with van der Waals surface area (Å²) >= 11 is 0. The summed E-state index contributed by atoms with van der Waals surface area (Å²) in [5.74, 6) is -0.324. The van der Waals surface area contributed by atoms with Crippen LogP contribution in [0.4, 0.5) is 0 Å². The molecule has 24 heavy (non-hydrogen) atoms. The lowest BCUT2D eigenvalue weighted by Gasteiger charge is -2.19. The summed E-state index contributed by atoms with van der Waals surface area (Å²) in [6, 6.07) is 10.9. The molecule has 1 aromatic heterocycles. The van der Waals surface area contributed by atoms with E-state index < -0.39 is 0 Å². The maximum absolute atomic E-state index is 12.1. The molecule has 0 aliphatic rings. The zero-order valence-corrected chi connectivity index (χ0v) is 14.3. The fourth-order valence-corrected chi connectivity index (χ4v) is 2.18. The summed E-state index contributed by atoms with van der Waals surface area (Å²) in [5, 5.41) is 5.55. The summed E-state index contributed by atoms with van der Waals surface area (Å²) in [6.07, 6.45) is 3.13. The first-order valence-electron chi connectivity index (χ1n) is 7.95. The summed E-state index contributed by atoms with van der Waals surface area (Å²) in [5.41, 5.74) is 2.41. The van der Waals surface area contributed by atoms with Crippen LogP contribution in [-0.2, 0) is 5.41 Å². The largest absolute Gasteiger partial charge is 0.350 e. The molecular weight excluding hydrogens is 302 g/mol. The van der Waals surface area contributed by atoms with Crippen LogP contribution in [0.1, 0.15) is 47.1 Å². The molecule has 2 rings (SSSR count). The van der Waals surface area contributed by atoms with Crippen molar-refractivity contribution < 1.29 is 9.59 Å². The number of amides is 2. The first-order chi connectivity index (χ1) is 11.4. The Kier molecular flexibility index (Phi) is 5.68. The molecule has 0 fully saturated rings. The van der Waals surface area contributed by atoms with Crippen molar-refractivity contribution in [1.29, 1.82) is 0 Å². The minimum atomic E-state index is -0.179. The van der Waals surface area contributed by atoms with Gasteiger partial charge in [0.25, 0.3) is 11.8 Å². The Morgan fingerprint density at radius 3 is 1.75 bits per heavy atom. The molecule has 0 aliphatic carbocycles. The summed E-state index contributed by atoms with van der Waals surface area (Å²) in [6.45, 7) is 7.14.